The number of carboxylic acids is 1. The predicted molar refractivity (Wildman–Crippen MR) is 122 cm³/mol. The van der Waals surface area contributed by atoms with Crippen molar-refractivity contribution in [2.24, 2.45) is 16.7 Å². The van der Waals surface area contributed by atoms with E-state index < -0.39 is 23.8 Å². The molecule has 1 aliphatic heterocycles. The number of hydrogen-bond donors (Lipinski definition) is 1. The summed E-state index contributed by atoms with van der Waals surface area (Å²) in [5, 5.41) is 10.9. The lowest BCUT2D eigenvalue weighted by Crippen LogP contribution is -2.53. The van der Waals surface area contributed by atoms with Gasteiger partial charge in [0.2, 0.25) is 0 Å². The molecule has 5 nitrogen and oxygen atoms in total. The van der Waals surface area contributed by atoms with E-state index in [0.29, 0.717) is 36.4 Å². The molecule has 9 heteroatoms. The summed E-state index contributed by atoms with van der Waals surface area (Å²) in [5.74, 6) is -1.46. The minimum Gasteiger partial charge on any atom is -0.481 e. The number of halogens is 3. The molecule has 1 saturated heterocycles. The molecule has 3 rings (SSSR count). The molecule has 0 radical (unpaired) electrons. The number of piperidine rings is 1. The third-order valence-corrected chi connectivity index (χ3v) is 7.40. The number of aliphatic carboxylic acids is 1. The second-order valence-electron chi connectivity index (χ2n) is 9.91. The zero-order valence-corrected chi connectivity index (χ0v) is 20.2. The lowest BCUT2D eigenvalue weighted by Gasteiger charge is -2.48. The molecule has 0 saturated carbocycles. The molecule has 1 aromatic carbocycles. The lowest BCUT2D eigenvalue weighted by atomic mass is 9.65. The van der Waals surface area contributed by atoms with Gasteiger partial charge in [0.15, 0.2) is 0 Å². The first-order valence-corrected chi connectivity index (χ1v) is 11.9. The fourth-order valence-electron chi connectivity index (χ4n) is 4.62. The normalized spacial score (nSPS) is 22.0. The molecular weight excluding hydrogens is 453 g/mol. The highest BCUT2D eigenvalue weighted by molar-refractivity contribution is 7.15. The quantitative estimate of drug-likeness (QED) is 0.477. The van der Waals surface area contributed by atoms with Gasteiger partial charge in [0.1, 0.15) is 16.6 Å². The molecule has 2 atom stereocenters. The average Bonchev–Trinajstić information content (AvgIpc) is 3.15. The van der Waals surface area contributed by atoms with Gasteiger partial charge in [-0.1, -0.05) is 34.1 Å². The smallest absolute Gasteiger partial charge is 0.387 e. The van der Waals surface area contributed by atoms with Crippen LogP contribution in [0.25, 0.3) is 10.4 Å². The van der Waals surface area contributed by atoms with Crippen LogP contribution < -0.4 is 4.74 Å². The van der Waals surface area contributed by atoms with Gasteiger partial charge in [-0.25, -0.2) is 9.37 Å². The van der Waals surface area contributed by atoms with Gasteiger partial charge in [-0.2, -0.15) is 8.78 Å². The summed E-state index contributed by atoms with van der Waals surface area (Å²) in [5.41, 5.74) is -0.505. The van der Waals surface area contributed by atoms with Crippen molar-refractivity contribution in [3.05, 3.63) is 35.2 Å². The molecular formula is C24H31F3N2O3S. The number of ether oxygens (including phenoxy) is 1. The van der Waals surface area contributed by atoms with Crippen molar-refractivity contribution in [2.75, 3.05) is 13.1 Å². The summed E-state index contributed by atoms with van der Waals surface area (Å²) >= 11 is 1.31. The SMILES string of the molecule is CCC[C@@]1(C(=O)O)C[C@@H](C(C)(C)C)CN(Cc2ncc(-c3ccc(F)cc3OC(F)F)s2)C1. The molecule has 1 aliphatic rings. The van der Waals surface area contributed by atoms with E-state index in [1.165, 1.54) is 23.5 Å². The topological polar surface area (TPSA) is 62.7 Å². The maximum Gasteiger partial charge on any atom is 0.387 e. The number of hydrogen-bond acceptors (Lipinski definition) is 5. The van der Waals surface area contributed by atoms with E-state index in [-0.39, 0.29) is 17.1 Å². The van der Waals surface area contributed by atoms with Gasteiger partial charge in [0, 0.05) is 30.9 Å². The Bertz CT molecular complexity index is 976. The van der Waals surface area contributed by atoms with Gasteiger partial charge in [-0.3, -0.25) is 9.69 Å². The number of rotatable bonds is 8. The Morgan fingerprint density at radius 3 is 2.73 bits per heavy atom. The highest BCUT2D eigenvalue weighted by atomic mass is 32.1. The van der Waals surface area contributed by atoms with Crippen LogP contribution in [0.3, 0.4) is 0 Å². The number of nitrogens with zero attached hydrogens (tertiary/aromatic N) is 2. The number of benzene rings is 1. The van der Waals surface area contributed by atoms with E-state index in [2.05, 4.69) is 35.4 Å². The van der Waals surface area contributed by atoms with Gasteiger partial charge in [0.25, 0.3) is 0 Å². The number of carbonyl (C=O) groups is 1. The van der Waals surface area contributed by atoms with Gasteiger partial charge in [-0.05, 0) is 36.3 Å². The molecule has 1 fully saturated rings. The van der Waals surface area contributed by atoms with Crippen LogP contribution in [-0.2, 0) is 11.3 Å². The second-order valence-corrected chi connectivity index (χ2v) is 11.0. The molecule has 0 aliphatic carbocycles. The monoisotopic (exact) mass is 484 g/mol. The van der Waals surface area contributed by atoms with Crippen molar-refractivity contribution in [3.8, 4) is 16.2 Å². The van der Waals surface area contributed by atoms with Crippen LogP contribution in [-0.4, -0.2) is 40.7 Å². The molecule has 2 aromatic rings. The number of likely N-dealkylation sites (tertiary alicyclic amines) is 1. The minimum atomic E-state index is -3.07. The Morgan fingerprint density at radius 2 is 2.12 bits per heavy atom. The van der Waals surface area contributed by atoms with Crippen LogP contribution >= 0.6 is 11.3 Å². The van der Waals surface area contributed by atoms with Crippen molar-refractivity contribution >= 4 is 17.3 Å². The van der Waals surface area contributed by atoms with E-state index in [1.54, 1.807) is 6.20 Å². The summed E-state index contributed by atoms with van der Waals surface area (Å²) in [6, 6.07) is 3.53. The lowest BCUT2D eigenvalue weighted by molar-refractivity contribution is -0.157. The van der Waals surface area contributed by atoms with Gasteiger partial charge in [0.05, 0.1) is 16.8 Å². The molecule has 33 heavy (non-hydrogen) atoms. The zero-order chi connectivity index (χ0) is 24.4. The molecule has 0 amide bonds. The van der Waals surface area contributed by atoms with E-state index >= 15 is 0 Å². The van der Waals surface area contributed by atoms with Crippen LogP contribution in [0.1, 0.15) is 52.0 Å². The fourth-order valence-corrected chi connectivity index (χ4v) is 5.61. The van der Waals surface area contributed by atoms with Gasteiger partial charge >= 0.3 is 12.6 Å². The molecule has 182 valence electrons. The molecule has 0 unspecified atom stereocenters. The van der Waals surface area contributed by atoms with Crippen molar-refractivity contribution in [1.82, 2.24) is 9.88 Å². The number of alkyl halides is 2. The van der Waals surface area contributed by atoms with Gasteiger partial charge < -0.3 is 9.84 Å². The van der Waals surface area contributed by atoms with Crippen molar-refractivity contribution in [1.29, 1.82) is 0 Å². The second kappa shape index (κ2) is 10.0. The fraction of sp³-hybridized carbons (Fsp3) is 0.583. The maximum absolute atomic E-state index is 13.6. The number of thiazole rings is 1. The first kappa shape index (κ1) is 25.5. The van der Waals surface area contributed by atoms with E-state index in [1.807, 2.05) is 6.92 Å². The van der Waals surface area contributed by atoms with E-state index in [9.17, 15) is 23.1 Å². The highest BCUT2D eigenvalue weighted by Crippen LogP contribution is 2.45. The van der Waals surface area contributed by atoms with Crippen LogP contribution in [0.15, 0.2) is 24.4 Å². The summed E-state index contributed by atoms with van der Waals surface area (Å²) in [6.45, 7) is 7.01. The Kier molecular flexibility index (Phi) is 7.73. The maximum atomic E-state index is 13.6. The number of aromatic nitrogens is 1. The van der Waals surface area contributed by atoms with Crippen molar-refractivity contribution < 1.29 is 27.8 Å². The Morgan fingerprint density at radius 1 is 1.39 bits per heavy atom. The Hall–Kier alpha value is -2.13. The zero-order valence-electron chi connectivity index (χ0n) is 19.4. The first-order valence-electron chi connectivity index (χ1n) is 11.1. The highest BCUT2D eigenvalue weighted by Gasteiger charge is 2.47. The predicted octanol–water partition coefficient (Wildman–Crippen LogP) is 6.29. The van der Waals surface area contributed by atoms with Crippen LogP contribution in [0.2, 0.25) is 0 Å². The van der Waals surface area contributed by atoms with E-state index in [4.69, 9.17) is 0 Å². The molecule has 2 heterocycles. The van der Waals surface area contributed by atoms with E-state index in [0.717, 1.165) is 24.0 Å². The standard InChI is InChI=1S/C24H31F3N2O3S/c1-5-8-24(21(30)31)10-15(23(2,3)4)12-29(14-24)13-20-28-11-19(33-20)17-7-6-16(25)9-18(17)32-22(26)27/h6-7,9,11,15,22H,5,8,10,12-14H2,1-4H3,(H,30,31)/t15-,24-/m1/s1. The van der Waals surface area contributed by atoms with Gasteiger partial charge in [-0.15, -0.1) is 11.3 Å². The Labute approximate surface area is 196 Å². The molecule has 0 bridgehead atoms. The summed E-state index contributed by atoms with van der Waals surface area (Å²) in [7, 11) is 0. The first-order chi connectivity index (χ1) is 15.4. The largest absolute Gasteiger partial charge is 0.481 e. The summed E-state index contributed by atoms with van der Waals surface area (Å²) < 4.78 is 43.6. The summed E-state index contributed by atoms with van der Waals surface area (Å²) in [6.07, 6.45) is 3.60. The van der Waals surface area contributed by atoms with Crippen LogP contribution in [0.4, 0.5) is 13.2 Å². The average molecular weight is 485 g/mol. The molecule has 1 N–H and O–H groups in total. The third-order valence-electron chi connectivity index (χ3n) is 6.39. The van der Waals surface area contributed by atoms with Crippen molar-refractivity contribution in [2.45, 2.75) is 60.1 Å². The van der Waals surface area contributed by atoms with Crippen LogP contribution in [0, 0.1) is 22.6 Å². The van der Waals surface area contributed by atoms with Crippen LogP contribution in [0.5, 0.6) is 5.75 Å². The third kappa shape index (κ3) is 6.06. The number of carboxylic acid groups (broad SMARTS) is 1. The minimum absolute atomic E-state index is 0.0449. The Balaban J connectivity index is 1.86. The van der Waals surface area contributed by atoms with Crippen molar-refractivity contribution in [3.63, 3.8) is 0 Å². The molecule has 1 aromatic heterocycles. The summed E-state index contributed by atoms with van der Waals surface area (Å²) in [4.78, 5) is 19.5. The molecule has 0 spiro atoms.